The number of halogens is 2. The molecule has 1 saturated carbocycles. The third-order valence-corrected chi connectivity index (χ3v) is 3.36. The van der Waals surface area contributed by atoms with E-state index < -0.39 is 11.6 Å². The van der Waals surface area contributed by atoms with Crippen LogP contribution in [0.15, 0.2) is 18.2 Å². The fourth-order valence-electron chi connectivity index (χ4n) is 1.94. The molecule has 1 aliphatic carbocycles. The van der Waals surface area contributed by atoms with Crippen LogP contribution in [0.2, 0.25) is 0 Å². The van der Waals surface area contributed by atoms with Gasteiger partial charge in [0.1, 0.15) is 0 Å². The van der Waals surface area contributed by atoms with Crippen molar-refractivity contribution in [2.45, 2.75) is 31.7 Å². The second-order valence-corrected chi connectivity index (χ2v) is 5.34. The number of hydrogen-bond acceptors (Lipinski definition) is 2. The Hall–Kier alpha value is -1.98. The number of amides is 2. The molecule has 1 aromatic rings. The molecule has 0 radical (unpaired) electrons. The van der Waals surface area contributed by atoms with Crippen molar-refractivity contribution >= 4 is 11.8 Å². The van der Waals surface area contributed by atoms with Crippen molar-refractivity contribution in [3.63, 3.8) is 0 Å². The van der Waals surface area contributed by atoms with Gasteiger partial charge in [0, 0.05) is 19.5 Å². The third-order valence-electron chi connectivity index (χ3n) is 3.36. The number of hydrogen-bond donors (Lipinski definition) is 1. The number of nitrogens with zero attached hydrogens (tertiary/aromatic N) is 1. The minimum atomic E-state index is -0.919. The topological polar surface area (TPSA) is 49.4 Å². The van der Waals surface area contributed by atoms with Gasteiger partial charge in [-0.05, 0) is 37.0 Å². The molecule has 4 nitrogen and oxygen atoms in total. The van der Waals surface area contributed by atoms with E-state index in [0.29, 0.717) is 12.0 Å². The molecule has 1 fully saturated rings. The zero-order valence-corrected chi connectivity index (χ0v) is 11.9. The Morgan fingerprint density at radius 3 is 2.62 bits per heavy atom. The van der Waals surface area contributed by atoms with Crippen LogP contribution in [0.5, 0.6) is 0 Å². The van der Waals surface area contributed by atoms with Crippen LogP contribution in [0.3, 0.4) is 0 Å². The summed E-state index contributed by atoms with van der Waals surface area (Å²) in [5, 5.41) is 2.80. The molecule has 0 spiro atoms. The Balaban J connectivity index is 1.77. The summed E-state index contributed by atoms with van der Waals surface area (Å²) in [4.78, 5) is 24.8. The lowest BCUT2D eigenvalue weighted by molar-refractivity contribution is -0.134. The van der Waals surface area contributed by atoms with E-state index >= 15 is 0 Å². The molecule has 2 amide bonds. The molecule has 0 bridgehead atoms. The Labute approximate surface area is 122 Å². The van der Waals surface area contributed by atoms with Crippen molar-refractivity contribution in [2.75, 3.05) is 13.6 Å². The molecule has 1 N–H and O–H groups in total. The average Bonchev–Trinajstić information content (AvgIpc) is 3.23. The maximum absolute atomic E-state index is 13.0. The zero-order valence-electron chi connectivity index (χ0n) is 11.9. The van der Waals surface area contributed by atoms with Crippen LogP contribution in [0.1, 0.15) is 24.8 Å². The van der Waals surface area contributed by atoms with Crippen molar-refractivity contribution in [3.05, 3.63) is 35.4 Å². The van der Waals surface area contributed by atoms with E-state index in [0.717, 1.165) is 25.0 Å². The number of rotatable bonds is 6. The van der Waals surface area contributed by atoms with Gasteiger partial charge in [-0.1, -0.05) is 6.07 Å². The molecule has 0 aliphatic heterocycles. The molecule has 21 heavy (non-hydrogen) atoms. The minimum Gasteiger partial charge on any atom is -0.352 e. The van der Waals surface area contributed by atoms with Crippen molar-refractivity contribution in [1.29, 1.82) is 0 Å². The highest BCUT2D eigenvalue weighted by Gasteiger charge is 2.24. The monoisotopic (exact) mass is 296 g/mol. The van der Waals surface area contributed by atoms with Gasteiger partial charge in [-0.3, -0.25) is 9.59 Å². The summed E-state index contributed by atoms with van der Waals surface area (Å²) in [6.07, 6.45) is 2.46. The van der Waals surface area contributed by atoms with Crippen LogP contribution >= 0.6 is 0 Å². The summed E-state index contributed by atoms with van der Waals surface area (Å²) in [5.41, 5.74) is 0.554. The molecule has 6 heteroatoms. The van der Waals surface area contributed by atoms with E-state index in [2.05, 4.69) is 5.32 Å². The van der Waals surface area contributed by atoms with Gasteiger partial charge in [0.2, 0.25) is 11.8 Å². The van der Waals surface area contributed by atoms with E-state index in [1.54, 1.807) is 7.05 Å². The van der Waals surface area contributed by atoms with Crippen molar-refractivity contribution in [2.24, 2.45) is 0 Å². The van der Waals surface area contributed by atoms with E-state index in [4.69, 9.17) is 0 Å². The van der Waals surface area contributed by atoms with Gasteiger partial charge in [0.15, 0.2) is 11.6 Å². The zero-order chi connectivity index (χ0) is 15.4. The third kappa shape index (κ3) is 4.81. The molecule has 0 heterocycles. The molecular formula is C15H18F2N2O2. The second-order valence-electron chi connectivity index (χ2n) is 5.34. The predicted octanol–water partition coefficient (Wildman–Crippen LogP) is 1.63. The van der Waals surface area contributed by atoms with Crippen molar-refractivity contribution in [3.8, 4) is 0 Å². The molecule has 1 aliphatic rings. The molecule has 0 unspecified atom stereocenters. The first kappa shape index (κ1) is 15.4. The predicted molar refractivity (Wildman–Crippen MR) is 73.5 cm³/mol. The lowest BCUT2D eigenvalue weighted by Gasteiger charge is -2.16. The van der Waals surface area contributed by atoms with Crippen LogP contribution in [0.4, 0.5) is 8.78 Å². The first-order valence-electron chi connectivity index (χ1n) is 6.93. The molecule has 0 aromatic heterocycles. The molecule has 0 atom stereocenters. The summed E-state index contributed by atoms with van der Waals surface area (Å²) in [6.45, 7) is 0.0209. The maximum atomic E-state index is 13.0. The van der Waals surface area contributed by atoms with Gasteiger partial charge in [0.25, 0.3) is 0 Å². The SMILES string of the molecule is CN(CC(=O)NC1CC1)C(=O)CCc1ccc(F)c(F)c1. The molecule has 0 saturated heterocycles. The first-order chi connectivity index (χ1) is 9.95. The number of nitrogens with one attached hydrogen (secondary N) is 1. The highest BCUT2D eigenvalue weighted by molar-refractivity contribution is 5.85. The van der Waals surface area contributed by atoms with Crippen molar-refractivity contribution < 1.29 is 18.4 Å². The van der Waals surface area contributed by atoms with Crippen LogP contribution < -0.4 is 5.32 Å². The lowest BCUT2D eigenvalue weighted by atomic mass is 10.1. The Morgan fingerprint density at radius 2 is 2.00 bits per heavy atom. The van der Waals surface area contributed by atoms with Gasteiger partial charge in [-0.15, -0.1) is 0 Å². The number of aryl methyl sites for hydroxylation is 1. The summed E-state index contributed by atoms with van der Waals surface area (Å²) >= 11 is 0. The van der Waals surface area contributed by atoms with Crippen LogP contribution in [0, 0.1) is 11.6 Å². The summed E-state index contributed by atoms with van der Waals surface area (Å²) in [6, 6.07) is 3.85. The fraction of sp³-hybridized carbons (Fsp3) is 0.467. The summed E-state index contributed by atoms with van der Waals surface area (Å²) in [5.74, 6) is -2.19. The largest absolute Gasteiger partial charge is 0.352 e. The average molecular weight is 296 g/mol. The summed E-state index contributed by atoms with van der Waals surface area (Å²) in [7, 11) is 1.56. The van der Waals surface area contributed by atoms with E-state index in [9.17, 15) is 18.4 Å². The van der Waals surface area contributed by atoms with Gasteiger partial charge >= 0.3 is 0 Å². The van der Waals surface area contributed by atoms with Gasteiger partial charge in [-0.25, -0.2) is 8.78 Å². The van der Waals surface area contributed by atoms with Crippen molar-refractivity contribution in [1.82, 2.24) is 10.2 Å². The molecule has 114 valence electrons. The van der Waals surface area contributed by atoms with Gasteiger partial charge in [-0.2, -0.15) is 0 Å². The smallest absolute Gasteiger partial charge is 0.239 e. The van der Waals surface area contributed by atoms with E-state index in [1.165, 1.54) is 11.0 Å². The Kier molecular flexibility index (Phi) is 4.88. The molecular weight excluding hydrogens is 278 g/mol. The number of carbonyl (C=O) groups excluding carboxylic acids is 2. The number of carbonyl (C=O) groups is 2. The van der Waals surface area contributed by atoms with Gasteiger partial charge in [0.05, 0.1) is 6.54 Å². The molecule has 1 aromatic carbocycles. The highest BCUT2D eigenvalue weighted by Crippen LogP contribution is 2.18. The second kappa shape index (κ2) is 6.65. The fourth-order valence-corrected chi connectivity index (χ4v) is 1.94. The maximum Gasteiger partial charge on any atom is 0.239 e. The van der Waals surface area contributed by atoms with Gasteiger partial charge < -0.3 is 10.2 Å². The normalized spacial score (nSPS) is 13.9. The number of likely N-dealkylation sites (N-methyl/N-ethyl adjacent to an activating group) is 1. The van der Waals surface area contributed by atoms with Crippen LogP contribution in [-0.2, 0) is 16.0 Å². The first-order valence-corrected chi connectivity index (χ1v) is 6.93. The number of benzene rings is 1. The van der Waals surface area contributed by atoms with Crippen LogP contribution in [-0.4, -0.2) is 36.3 Å². The Morgan fingerprint density at radius 1 is 1.29 bits per heavy atom. The van der Waals surface area contributed by atoms with E-state index in [-0.39, 0.29) is 30.8 Å². The minimum absolute atomic E-state index is 0.0209. The van der Waals surface area contributed by atoms with Crippen LogP contribution in [0.25, 0.3) is 0 Å². The Bertz CT molecular complexity index is 544. The lowest BCUT2D eigenvalue weighted by Crippen LogP contribution is -2.39. The standard InChI is InChI=1S/C15H18F2N2O2/c1-19(9-14(20)18-11-4-5-11)15(21)7-3-10-2-6-12(16)13(17)8-10/h2,6,8,11H,3-5,7,9H2,1H3,(H,18,20). The molecule has 2 rings (SSSR count). The summed E-state index contributed by atoms with van der Waals surface area (Å²) < 4.78 is 25.8. The quantitative estimate of drug-likeness (QED) is 0.867. The van der Waals surface area contributed by atoms with E-state index in [1.807, 2.05) is 0 Å². The highest BCUT2D eigenvalue weighted by atomic mass is 19.2.